The van der Waals surface area contributed by atoms with Gasteiger partial charge in [0.05, 0.1) is 13.5 Å². The molecular weight excluding hydrogens is 228 g/mol. The highest BCUT2D eigenvalue weighted by Crippen LogP contribution is 2.02. The van der Waals surface area contributed by atoms with Crippen molar-refractivity contribution in [1.82, 2.24) is 9.80 Å². The van der Waals surface area contributed by atoms with E-state index in [1.165, 1.54) is 25.7 Å². The first-order valence-electron chi connectivity index (χ1n) is 7.47. The van der Waals surface area contributed by atoms with Gasteiger partial charge in [0, 0.05) is 39.4 Å². The molecule has 1 fully saturated rings. The van der Waals surface area contributed by atoms with Gasteiger partial charge >= 0.3 is 0 Å². The molecule has 1 rings (SSSR count). The Balaban J connectivity index is 1.95. The van der Waals surface area contributed by atoms with Gasteiger partial charge in [0.25, 0.3) is 0 Å². The summed E-state index contributed by atoms with van der Waals surface area (Å²) in [7, 11) is 0. The Hall–Kier alpha value is -0.160. The zero-order chi connectivity index (χ0) is 13.1. The zero-order valence-electron chi connectivity index (χ0n) is 12.2. The number of ether oxygens (including phenoxy) is 2. The molecule has 0 bridgehead atoms. The minimum atomic E-state index is 0.796. The summed E-state index contributed by atoms with van der Waals surface area (Å²) in [5, 5.41) is 0. The van der Waals surface area contributed by atoms with Gasteiger partial charge in [0.15, 0.2) is 0 Å². The standard InChI is InChI=1S/C14H30N2O2/c1-3-5-11-17-13-15-7-9-16(10-8-15)14-18-12-6-4-2/h3-14H2,1-2H3. The third-order valence-electron chi connectivity index (χ3n) is 3.30. The smallest absolute Gasteiger partial charge is 0.0991 e. The third kappa shape index (κ3) is 7.31. The van der Waals surface area contributed by atoms with E-state index in [1.54, 1.807) is 0 Å². The highest BCUT2D eigenvalue weighted by atomic mass is 16.5. The van der Waals surface area contributed by atoms with E-state index in [4.69, 9.17) is 9.47 Å². The van der Waals surface area contributed by atoms with Gasteiger partial charge in [-0.1, -0.05) is 26.7 Å². The minimum Gasteiger partial charge on any atom is -0.366 e. The third-order valence-corrected chi connectivity index (χ3v) is 3.30. The maximum Gasteiger partial charge on any atom is 0.0991 e. The average molecular weight is 258 g/mol. The van der Waals surface area contributed by atoms with E-state index in [-0.39, 0.29) is 0 Å². The lowest BCUT2D eigenvalue weighted by molar-refractivity contribution is -0.0329. The summed E-state index contributed by atoms with van der Waals surface area (Å²) in [4.78, 5) is 4.77. The summed E-state index contributed by atoms with van der Waals surface area (Å²) in [5.74, 6) is 0. The molecule has 0 aliphatic carbocycles. The van der Waals surface area contributed by atoms with Crippen molar-refractivity contribution in [2.75, 3.05) is 52.9 Å². The van der Waals surface area contributed by atoms with E-state index in [1.807, 2.05) is 0 Å². The molecule has 1 saturated heterocycles. The molecule has 0 aromatic rings. The van der Waals surface area contributed by atoms with Crippen LogP contribution in [0.1, 0.15) is 39.5 Å². The van der Waals surface area contributed by atoms with E-state index >= 15 is 0 Å². The van der Waals surface area contributed by atoms with Crippen LogP contribution < -0.4 is 0 Å². The summed E-state index contributed by atoms with van der Waals surface area (Å²) in [6.45, 7) is 12.2. The van der Waals surface area contributed by atoms with Crippen LogP contribution in [0.5, 0.6) is 0 Å². The Morgan fingerprint density at radius 3 is 1.44 bits per heavy atom. The number of hydrogen-bond donors (Lipinski definition) is 0. The van der Waals surface area contributed by atoms with Crippen LogP contribution in [0.3, 0.4) is 0 Å². The van der Waals surface area contributed by atoms with Crippen molar-refractivity contribution in [1.29, 1.82) is 0 Å². The van der Waals surface area contributed by atoms with Gasteiger partial charge in [0.2, 0.25) is 0 Å². The molecule has 0 unspecified atom stereocenters. The number of piperazine rings is 1. The first-order chi connectivity index (χ1) is 8.86. The molecule has 4 nitrogen and oxygen atoms in total. The molecule has 0 atom stereocenters. The molecule has 4 heteroatoms. The minimum absolute atomic E-state index is 0.796. The molecular formula is C14H30N2O2. The summed E-state index contributed by atoms with van der Waals surface area (Å²) in [5.41, 5.74) is 0. The average Bonchev–Trinajstić information content (AvgIpc) is 2.41. The monoisotopic (exact) mass is 258 g/mol. The van der Waals surface area contributed by atoms with Crippen LogP contribution in [0.15, 0.2) is 0 Å². The highest BCUT2D eigenvalue weighted by molar-refractivity contribution is 4.67. The SMILES string of the molecule is CCCCOCN1CCN(COCCCC)CC1. The summed E-state index contributed by atoms with van der Waals surface area (Å²) in [6, 6.07) is 0. The van der Waals surface area contributed by atoms with Crippen molar-refractivity contribution < 1.29 is 9.47 Å². The summed E-state index contributed by atoms with van der Waals surface area (Å²) < 4.78 is 11.3. The maximum atomic E-state index is 5.64. The number of rotatable bonds is 10. The fourth-order valence-electron chi connectivity index (χ4n) is 1.93. The second kappa shape index (κ2) is 10.7. The molecule has 1 aliphatic rings. The van der Waals surface area contributed by atoms with Gasteiger partial charge in [-0.25, -0.2) is 0 Å². The molecule has 0 radical (unpaired) electrons. The lowest BCUT2D eigenvalue weighted by Crippen LogP contribution is -2.47. The Morgan fingerprint density at radius 2 is 1.11 bits per heavy atom. The van der Waals surface area contributed by atoms with Crippen LogP contribution in [-0.4, -0.2) is 62.7 Å². The van der Waals surface area contributed by atoms with Gasteiger partial charge in [-0.05, 0) is 12.8 Å². The number of nitrogens with zero attached hydrogens (tertiary/aromatic N) is 2. The Kier molecular flexibility index (Phi) is 9.48. The van der Waals surface area contributed by atoms with E-state index in [9.17, 15) is 0 Å². The summed E-state index contributed by atoms with van der Waals surface area (Å²) in [6.07, 6.45) is 4.77. The van der Waals surface area contributed by atoms with Crippen LogP contribution in [0, 0.1) is 0 Å². The first kappa shape index (κ1) is 15.9. The number of hydrogen-bond acceptors (Lipinski definition) is 4. The van der Waals surface area contributed by atoms with Crippen molar-refractivity contribution in [2.24, 2.45) is 0 Å². The number of unbranched alkanes of at least 4 members (excludes halogenated alkanes) is 2. The van der Waals surface area contributed by atoms with Crippen LogP contribution in [-0.2, 0) is 9.47 Å². The van der Waals surface area contributed by atoms with Gasteiger partial charge < -0.3 is 9.47 Å². The lowest BCUT2D eigenvalue weighted by atomic mass is 10.3. The van der Waals surface area contributed by atoms with Crippen molar-refractivity contribution in [2.45, 2.75) is 39.5 Å². The molecule has 1 heterocycles. The molecule has 0 aromatic carbocycles. The highest BCUT2D eigenvalue weighted by Gasteiger charge is 2.16. The van der Waals surface area contributed by atoms with Crippen LogP contribution in [0.4, 0.5) is 0 Å². The van der Waals surface area contributed by atoms with Gasteiger partial charge in [-0.3, -0.25) is 9.80 Å². The molecule has 0 spiro atoms. The first-order valence-corrected chi connectivity index (χ1v) is 7.47. The second-order valence-electron chi connectivity index (χ2n) is 5.02. The normalized spacial score (nSPS) is 18.3. The molecule has 0 N–H and O–H groups in total. The van der Waals surface area contributed by atoms with E-state index in [2.05, 4.69) is 23.6 Å². The van der Waals surface area contributed by atoms with E-state index < -0.39 is 0 Å². The topological polar surface area (TPSA) is 24.9 Å². The largest absolute Gasteiger partial charge is 0.366 e. The van der Waals surface area contributed by atoms with Gasteiger partial charge in [0.1, 0.15) is 0 Å². The molecule has 1 aliphatic heterocycles. The van der Waals surface area contributed by atoms with E-state index in [0.29, 0.717) is 0 Å². The zero-order valence-corrected chi connectivity index (χ0v) is 12.2. The summed E-state index contributed by atoms with van der Waals surface area (Å²) >= 11 is 0. The predicted molar refractivity (Wildman–Crippen MR) is 74.6 cm³/mol. The Labute approximate surface area is 112 Å². The van der Waals surface area contributed by atoms with Crippen molar-refractivity contribution in [3.8, 4) is 0 Å². The van der Waals surface area contributed by atoms with Crippen molar-refractivity contribution in [3.05, 3.63) is 0 Å². The van der Waals surface area contributed by atoms with Crippen LogP contribution in [0.25, 0.3) is 0 Å². The quantitative estimate of drug-likeness (QED) is 0.561. The molecule has 18 heavy (non-hydrogen) atoms. The fourth-order valence-corrected chi connectivity index (χ4v) is 1.93. The molecule has 0 saturated carbocycles. The fraction of sp³-hybridized carbons (Fsp3) is 1.00. The molecule has 0 aromatic heterocycles. The Morgan fingerprint density at radius 1 is 0.722 bits per heavy atom. The Bertz CT molecular complexity index is 163. The molecule has 0 amide bonds. The molecule has 108 valence electrons. The van der Waals surface area contributed by atoms with Crippen LogP contribution >= 0.6 is 0 Å². The lowest BCUT2D eigenvalue weighted by Gasteiger charge is -2.34. The van der Waals surface area contributed by atoms with Gasteiger partial charge in [-0.2, -0.15) is 0 Å². The van der Waals surface area contributed by atoms with Crippen molar-refractivity contribution in [3.63, 3.8) is 0 Å². The van der Waals surface area contributed by atoms with Gasteiger partial charge in [-0.15, -0.1) is 0 Å². The van der Waals surface area contributed by atoms with Crippen molar-refractivity contribution >= 4 is 0 Å². The predicted octanol–water partition coefficient (Wildman–Crippen LogP) is 2.15. The maximum absolute atomic E-state index is 5.64. The van der Waals surface area contributed by atoms with Crippen LogP contribution in [0.2, 0.25) is 0 Å². The second-order valence-corrected chi connectivity index (χ2v) is 5.02. The van der Waals surface area contributed by atoms with E-state index in [0.717, 1.165) is 52.9 Å².